The number of carbonyl (C=O) groups is 2. The maximum absolute atomic E-state index is 13.7. The van der Waals surface area contributed by atoms with Crippen LogP contribution in [0.5, 0.6) is 0 Å². The van der Waals surface area contributed by atoms with E-state index in [1.54, 1.807) is 12.1 Å². The van der Waals surface area contributed by atoms with Gasteiger partial charge in [-0.3, -0.25) is 9.59 Å². The summed E-state index contributed by atoms with van der Waals surface area (Å²) in [6.45, 7) is 1.62. The molecule has 3 heterocycles. The molecule has 3 aromatic rings. The first kappa shape index (κ1) is 22.8. The molecule has 8 nitrogen and oxygen atoms in total. The number of halogens is 1. The average Bonchev–Trinajstić information content (AvgIpc) is 3.20. The zero-order chi connectivity index (χ0) is 24.2. The molecule has 9 heteroatoms. The third-order valence-corrected chi connectivity index (χ3v) is 6.34. The first-order valence-electron chi connectivity index (χ1n) is 11.9. The topological polar surface area (TPSA) is 99.2 Å². The van der Waals surface area contributed by atoms with E-state index in [4.69, 9.17) is 4.98 Å². The molecule has 1 aromatic heterocycles. The molecule has 0 bridgehead atoms. The van der Waals surface area contributed by atoms with Crippen LogP contribution in [-0.2, 0) is 17.8 Å². The third-order valence-electron chi connectivity index (χ3n) is 6.34. The summed E-state index contributed by atoms with van der Waals surface area (Å²) in [6.07, 6.45) is 4.67. The molecule has 1 fully saturated rings. The van der Waals surface area contributed by atoms with Crippen LogP contribution in [0.15, 0.2) is 54.7 Å². The fourth-order valence-electron chi connectivity index (χ4n) is 4.50. The fourth-order valence-corrected chi connectivity index (χ4v) is 4.50. The Morgan fingerprint density at radius 2 is 2.06 bits per heavy atom. The highest BCUT2D eigenvalue weighted by molar-refractivity contribution is 6.01. The van der Waals surface area contributed by atoms with Gasteiger partial charge < -0.3 is 20.9 Å². The largest absolute Gasteiger partial charge is 0.365 e. The Morgan fingerprint density at radius 1 is 1.17 bits per heavy atom. The quantitative estimate of drug-likeness (QED) is 0.507. The van der Waals surface area contributed by atoms with Gasteiger partial charge in [-0.1, -0.05) is 30.3 Å². The standard InChI is InChI=1S/C26H27FN6O2/c27-19-8-5-6-17(14-19)15-29-23-20(24(34)31-21-9-3-4-12-28-25(21)35)16-30-26(32-23)33-13-11-18-7-1-2-10-22(18)33/h1-2,5-8,10,14,16,21H,3-4,9,11-13,15H2,(H,28,35)(H,31,34)(H,29,30,32). The second-order valence-corrected chi connectivity index (χ2v) is 8.76. The number of amides is 2. The number of carbonyl (C=O) groups excluding carboxylic acids is 2. The van der Waals surface area contributed by atoms with Crippen LogP contribution in [0.4, 0.5) is 21.8 Å². The van der Waals surface area contributed by atoms with Crippen molar-refractivity contribution >= 4 is 29.3 Å². The summed E-state index contributed by atoms with van der Waals surface area (Å²) < 4.78 is 13.7. The van der Waals surface area contributed by atoms with Gasteiger partial charge in [-0.05, 0) is 55.0 Å². The highest BCUT2D eigenvalue weighted by Crippen LogP contribution is 2.33. The van der Waals surface area contributed by atoms with E-state index in [2.05, 4.69) is 27.0 Å². The molecule has 0 aliphatic carbocycles. The molecule has 0 saturated carbocycles. The van der Waals surface area contributed by atoms with Crippen molar-refractivity contribution in [3.8, 4) is 0 Å². The van der Waals surface area contributed by atoms with Crippen molar-refractivity contribution < 1.29 is 14.0 Å². The van der Waals surface area contributed by atoms with Gasteiger partial charge in [0.25, 0.3) is 5.91 Å². The Kier molecular flexibility index (Phi) is 6.56. The average molecular weight is 475 g/mol. The van der Waals surface area contributed by atoms with Crippen LogP contribution in [0.1, 0.15) is 40.7 Å². The Labute approximate surface area is 203 Å². The summed E-state index contributed by atoms with van der Waals surface area (Å²) in [5, 5.41) is 8.84. The van der Waals surface area contributed by atoms with Gasteiger partial charge in [-0.15, -0.1) is 0 Å². The van der Waals surface area contributed by atoms with Gasteiger partial charge in [0.05, 0.1) is 0 Å². The molecule has 35 heavy (non-hydrogen) atoms. The van der Waals surface area contributed by atoms with E-state index in [0.29, 0.717) is 30.3 Å². The van der Waals surface area contributed by atoms with E-state index in [9.17, 15) is 14.0 Å². The number of hydrogen-bond acceptors (Lipinski definition) is 6. The minimum Gasteiger partial charge on any atom is -0.365 e. The highest BCUT2D eigenvalue weighted by atomic mass is 19.1. The van der Waals surface area contributed by atoms with Crippen LogP contribution < -0.4 is 20.9 Å². The number of anilines is 3. The van der Waals surface area contributed by atoms with E-state index in [-0.39, 0.29) is 23.8 Å². The van der Waals surface area contributed by atoms with Crippen molar-refractivity contribution in [1.29, 1.82) is 0 Å². The molecular formula is C26H27FN6O2. The molecule has 5 rings (SSSR count). The molecule has 180 valence electrons. The van der Waals surface area contributed by atoms with E-state index in [0.717, 1.165) is 31.5 Å². The maximum atomic E-state index is 13.7. The first-order valence-corrected chi connectivity index (χ1v) is 11.9. The monoisotopic (exact) mass is 474 g/mol. The number of para-hydroxylation sites is 1. The lowest BCUT2D eigenvalue weighted by atomic mass is 10.1. The summed E-state index contributed by atoms with van der Waals surface area (Å²) in [6, 6.07) is 13.7. The number of hydrogen-bond donors (Lipinski definition) is 3. The Hall–Kier alpha value is -4.01. The molecule has 1 unspecified atom stereocenters. The van der Waals surface area contributed by atoms with Crippen LogP contribution in [0.25, 0.3) is 0 Å². The summed E-state index contributed by atoms with van der Waals surface area (Å²) in [4.78, 5) is 36.7. The van der Waals surface area contributed by atoms with Gasteiger partial charge >= 0.3 is 0 Å². The summed E-state index contributed by atoms with van der Waals surface area (Å²) in [7, 11) is 0. The number of nitrogens with one attached hydrogen (secondary N) is 3. The Morgan fingerprint density at radius 3 is 2.94 bits per heavy atom. The molecule has 0 radical (unpaired) electrons. The molecule has 1 saturated heterocycles. The van der Waals surface area contributed by atoms with Gasteiger partial charge in [-0.2, -0.15) is 4.98 Å². The summed E-state index contributed by atoms with van der Waals surface area (Å²) in [5.41, 5.74) is 3.20. The summed E-state index contributed by atoms with van der Waals surface area (Å²) >= 11 is 0. The molecule has 1 atom stereocenters. The normalized spacial score (nSPS) is 17.3. The minimum atomic E-state index is -0.605. The van der Waals surface area contributed by atoms with Crippen LogP contribution in [0, 0.1) is 5.82 Å². The number of nitrogens with zero attached hydrogens (tertiary/aromatic N) is 3. The molecule has 2 aliphatic rings. The predicted molar refractivity (Wildman–Crippen MR) is 131 cm³/mol. The van der Waals surface area contributed by atoms with Crippen molar-refractivity contribution in [2.24, 2.45) is 0 Å². The SMILES string of the molecule is O=C(NC1CCCCNC1=O)c1cnc(N2CCc3ccccc32)nc1NCc1cccc(F)c1. The molecule has 3 N–H and O–H groups in total. The smallest absolute Gasteiger partial charge is 0.257 e. The van der Waals surface area contributed by atoms with Gasteiger partial charge in [-0.25, -0.2) is 9.37 Å². The Bertz CT molecular complexity index is 1250. The van der Waals surface area contributed by atoms with Crippen LogP contribution in [0.3, 0.4) is 0 Å². The zero-order valence-corrected chi connectivity index (χ0v) is 19.3. The first-order chi connectivity index (χ1) is 17.1. The van der Waals surface area contributed by atoms with Crippen LogP contribution in [-0.4, -0.2) is 40.9 Å². The molecule has 2 aromatic carbocycles. The number of aromatic nitrogens is 2. The molecular weight excluding hydrogens is 447 g/mol. The molecule has 2 aliphatic heterocycles. The van der Waals surface area contributed by atoms with E-state index < -0.39 is 11.9 Å². The second-order valence-electron chi connectivity index (χ2n) is 8.76. The van der Waals surface area contributed by atoms with Crippen LogP contribution >= 0.6 is 0 Å². The van der Waals surface area contributed by atoms with Gasteiger partial charge in [0, 0.05) is 31.5 Å². The predicted octanol–water partition coefficient (Wildman–Crippen LogP) is 3.32. The second kappa shape index (κ2) is 10.1. The fraction of sp³-hybridized carbons (Fsp3) is 0.308. The van der Waals surface area contributed by atoms with Crippen LogP contribution in [0.2, 0.25) is 0 Å². The number of benzene rings is 2. The molecule has 0 spiro atoms. The maximum Gasteiger partial charge on any atom is 0.257 e. The van der Waals surface area contributed by atoms with Gasteiger partial charge in [0.15, 0.2) is 0 Å². The van der Waals surface area contributed by atoms with Crippen molar-refractivity contribution in [2.45, 2.75) is 38.3 Å². The zero-order valence-electron chi connectivity index (χ0n) is 19.3. The summed E-state index contributed by atoms with van der Waals surface area (Å²) in [5.74, 6) is -0.146. The van der Waals surface area contributed by atoms with Gasteiger partial charge in [0.1, 0.15) is 23.2 Å². The third kappa shape index (κ3) is 5.08. The van der Waals surface area contributed by atoms with E-state index in [1.807, 2.05) is 23.1 Å². The van der Waals surface area contributed by atoms with E-state index >= 15 is 0 Å². The lowest BCUT2D eigenvalue weighted by molar-refractivity contribution is -0.122. The van der Waals surface area contributed by atoms with Crippen molar-refractivity contribution in [2.75, 3.05) is 23.3 Å². The lowest BCUT2D eigenvalue weighted by Crippen LogP contribution is -2.45. The number of fused-ring (bicyclic) bond motifs is 1. The lowest BCUT2D eigenvalue weighted by Gasteiger charge is -2.20. The molecule has 2 amide bonds. The Balaban J connectivity index is 1.43. The highest BCUT2D eigenvalue weighted by Gasteiger charge is 2.27. The van der Waals surface area contributed by atoms with Crippen molar-refractivity contribution in [1.82, 2.24) is 20.6 Å². The van der Waals surface area contributed by atoms with E-state index in [1.165, 1.54) is 23.9 Å². The van der Waals surface area contributed by atoms with Gasteiger partial charge in [0.2, 0.25) is 11.9 Å². The minimum absolute atomic E-state index is 0.184. The van der Waals surface area contributed by atoms with Crippen molar-refractivity contribution in [3.05, 3.63) is 77.2 Å². The van der Waals surface area contributed by atoms with Crippen molar-refractivity contribution in [3.63, 3.8) is 0 Å². The number of rotatable bonds is 6.